The number of ether oxygens (including phenoxy) is 1. The largest absolute Gasteiger partial charge is 0.368 e. The minimum Gasteiger partial charge on any atom is -0.368 e. The summed E-state index contributed by atoms with van der Waals surface area (Å²) in [7, 11) is 0. The Labute approximate surface area is 120 Å². The summed E-state index contributed by atoms with van der Waals surface area (Å²) in [4.78, 5) is 14.4. The molecular weight excluding hydrogens is 250 g/mol. The molecule has 1 aliphatic rings. The molecule has 0 N–H and O–H groups in total. The topological polar surface area (TPSA) is 29.5 Å². The first-order valence-corrected chi connectivity index (χ1v) is 7.08. The number of terminal acetylenes is 1. The number of hydrogen-bond acceptors (Lipinski definition) is 2. The lowest BCUT2D eigenvalue weighted by atomic mass is 9.98. The Balaban J connectivity index is 1.93. The Hall–Kier alpha value is -1.79. The Morgan fingerprint density at radius 1 is 1.45 bits per heavy atom. The summed E-state index contributed by atoms with van der Waals surface area (Å²) in [6, 6.07) is 7.75. The summed E-state index contributed by atoms with van der Waals surface area (Å²) in [5.41, 5.74) is 1.93. The van der Waals surface area contributed by atoms with Crippen LogP contribution < -0.4 is 0 Å². The number of amides is 1. The van der Waals surface area contributed by atoms with E-state index in [1.165, 1.54) is 5.56 Å². The lowest BCUT2D eigenvalue weighted by molar-refractivity contribution is 0.0534. The van der Waals surface area contributed by atoms with Crippen molar-refractivity contribution in [2.45, 2.75) is 19.8 Å². The molecule has 1 unspecified atom stereocenters. The number of carbonyl (C=O) groups excluding carboxylic acids is 1. The van der Waals surface area contributed by atoms with Crippen molar-refractivity contribution in [1.29, 1.82) is 0 Å². The molecule has 1 fully saturated rings. The molecule has 106 valence electrons. The van der Waals surface area contributed by atoms with Crippen LogP contribution in [-0.4, -0.2) is 37.1 Å². The maximum Gasteiger partial charge on any atom is 0.253 e. The molecule has 1 amide bonds. The molecule has 3 heteroatoms. The highest BCUT2D eigenvalue weighted by Crippen LogP contribution is 2.19. The van der Waals surface area contributed by atoms with E-state index in [0.29, 0.717) is 19.1 Å². The van der Waals surface area contributed by atoms with Crippen LogP contribution in [0, 0.1) is 25.2 Å². The zero-order chi connectivity index (χ0) is 14.4. The summed E-state index contributed by atoms with van der Waals surface area (Å²) in [6.45, 7) is 4.61. The average molecular weight is 271 g/mol. The van der Waals surface area contributed by atoms with Crippen LogP contribution in [0.1, 0.15) is 28.8 Å². The maximum absolute atomic E-state index is 12.4. The van der Waals surface area contributed by atoms with Crippen LogP contribution in [0.2, 0.25) is 0 Å². The summed E-state index contributed by atoms with van der Waals surface area (Å²) in [5.74, 6) is 2.98. The van der Waals surface area contributed by atoms with Crippen molar-refractivity contribution in [2.75, 3.05) is 26.3 Å². The van der Waals surface area contributed by atoms with Crippen LogP contribution in [0.5, 0.6) is 0 Å². The second-order valence-corrected chi connectivity index (χ2v) is 5.34. The van der Waals surface area contributed by atoms with Crippen LogP contribution in [0.15, 0.2) is 24.3 Å². The quantitative estimate of drug-likeness (QED) is 0.622. The van der Waals surface area contributed by atoms with Gasteiger partial charge in [-0.15, -0.1) is 6.42 Å². The Morgan fingerprint density at radius 3 is 2.90 bits per heavy atom. The van der Waals surface area contributed by atoms with Crippen molar-refractivity contribution in [1.82, 2.24) is 4.90 Å². The van der Waals surface area contributed by atoms with Crippen LogP contribution in [0.25, 0.3) is 0 Å². The molecular formula is C17H21NO2. The molecule has 2 rings (SSSR count). The van der Waals surface area contributed by atoms with Gasteiger partial charge in [0.15, 0.2) is 0 Å². The predicted molar refractivity (Wildman–Crippen MR) is 79.5 cm³/mol. The Bertz CT molecular complexity index is 487. The van der Waals surface area contributed by atoms with E-state index >= 15 is 0 Å². The molecule has 20 heavy (non-hydrogen) atoms. The van der Waals surface area contributed by atoms with Crippen LogP contribution in [0.3, 0.4) is 0 Å². The van der Waals surface area contributed by atoms with E-state index in [9.17, 15) is 4.79 Å². The third kappa shape index (κ3) is 3.85. The zero-order valence-corrected chi connectivity index (χ0v) is 12.0. The highest BCUT2D eigenvalue weighted by molar-refractivity contribution is 5.94. The smallest absolute Gasteiger partial charge is 0.253 e. The average Bonchev–Trinajstić information content (AvgIpc) is 2.48. The number of aryl methyl sites for hydroxylation is 1. The van der Waals surface area contributed by atoms with Crippen molar-refractivity contribution >= 4 is 5.91 Å². The van der Waals surface area contributed by atoms with Gasteiger partial charge in [0.25, 0.3) is 5.91 Å². The summed E-state index contributed by atoms with van der Waals surface area (Å²) < 4.78 is 5.40. The van der Waals surface area contributed by atoms with E-state index in [-0.39, 0.29) is 5.91 Å². The molecule has 1 saturated heterocycles. The predicted octanol–water partition coefficient (Wildman–Crippen LogP) is 2.50. The fraction of sp³-hybridized carbons (Fsp3) is 0.471. The molecule has 0 saturated carbocycles. The molecule has 1 heterocycles. The number of rotatable bonds is 4. The van der Waals surface area contributed by atoms with Gasteiger partial charge in [0, 0.05) is 24.6 Å². The first kappa shape index (κ1) is 14.6. The highest BCUT2D eigenvalue weighted by Gasteiger charge is 2.24. The Morgan fingerprint density at radius 2 is 2.20 bits per heavy atom. The normalized spacial score (nSPS) is 18.6. The maximum atomic E-state index is 12.4. The third-order valence-electron chi connectivity index (χ3n) is 3.64. The first-order valence-electron chi connectivity index (χ1n) is 7.08. The summed E-state index contributed by atoms with van der Waals surface area (Å²) >= 11 is 0. The first-order chi connectivity index (χ1) is 9.70. The van der Waals surface area contributed by atoms with Gasteiger partial charge in [0.05, 0.1) is 6.61 Å². The molecule has 0 bridgehead atoms. The lowest BCUT2D eigenvalue weighted by Gasteiger charge is -2.32. The summed E-state index contributed by atoms with van der Waals surface area (Å²) in [5, 5.41) is 0. The molecule has 1 aliphatic heterocycles. The molecule has 1 aromatic carbocycles. The summed E-state index contributed by atoms with van der Waals surface area (Å²) in [6.07, 6.45) is 7.30. The van der Waals surface area contributed by atoms with Gasteiger partial charge in [-0.1, -0.05) is 23.6 Å². The van der Waals surface area contributed by atoms with Crippen molar-refractivity contribution < 1.29 is 9.53 Å². The number of carbonyl (C=O) groups is 1. The second-order valence-electron chi connectivity index (χ2n) is 5.34. The Kier molecular flexibility index (Phi) is 5.20. The van der Waals surface area contributed by atoms with Crippen LogP contribution >= 0.6 is 0 Å². The van der Waals surface area contributed by atoms with Gasteiger partial charge in [-0.2, -0.15) is 0 Å². The van der Waals surface area contributed by atoms with E-state index in [1.54, 1.807) is 0 Å². The second kappa shape index (κ2) is 7.12. The fourth-order valence-electron chi connectivity index (χ4n) is 2.55. The molecule has 3 nitrogen and oxygen atoms in total. The third-order valence-corrected chi connectivity index (χ3v) is 3.64. The minimum absolute atomic E-state index is 0.117. The van der Waals surface area contributed by atoms with Gasteiger partial charge in [-0.3, -0.25) is 4.79 Å². The van der Waals surface area contributed by atoms with Crippen LogP contribution in [0.4, 0.5) is 0 Å². The molecule has 1 aromatic rings. The van der Waals surface area contributed by atoms with Crippen molar-refractivity contribution in [2.24, 2.45) is 5.92 Å². The van der Waals surface area contributed by atoms with Gasteiger partial charge in [0.1, 0.15) is 6.61 Å². The van der Waals surface area contributed by atoms with Gasteiger partial charge in [-0.25, -0.2) is 0 Å². The monoisotopic (exact) mass is 271 g/mol. The van der Waals surface area contributed by atoms with Gasteiger partial charge >= 0.3 is 0 Å². The number of hydrogen-bond donors (Lipinski definition) is 0. The van der Waals surface area contributed by atoms with E-state index < -0.39 is 0 Å². The number of likely N-dealkylation sites (tertiary alicyclic amines) is 1. The molecule has 1 atom stereocenters. The SMILES string of the molecule is C#CCOCC1CCCN(C(=O)c2ccc(C)cc2)C1. The molecule has 0 radical (unpaired) electrons. The zero-order valence-electron chi connectivity index (χ0n) is 12.0. The number of piperidine rings is 1. The number of benzene rings is 1. The highest BCUT2D eigenvalue weighted by atomic mass is 16.5. The minimum atomic E-state index is 0.117. The number of nitrogens with zero attached hydrogens (tertiary/aromatic N) is 1. The van der Waals surface area contributed by atoms with Gasteiger partial charge < -0.3 is 9.64 Å². The van der Waals surface area contributed by atoms with Crippen molar-refractivity contribution in [3.8, 4) is 12.3 Å². The molecule has 0 spiro atoms. The van der Waals surface area contributed by atoms with E-state index in [0.717, 1.165) is 31.5 Å². The lowest BCUT2D eigenvalue weighted by Crippen LogP contribution is -2.41. The fourth-order valence-corrected chi connectivity index (χ4v) is 2.55. The van der Waals surface area contributed by atoms with Crippen molar-refractivity contribution in [3.63, 3.8) is 0 Å². The molecule has 0 aliphatic carbocycles. The van der Waals surface area contributed by atoms with Crippen LogP contribution in [-0.2, 0) is 4.74 Å². The standard InChI is InChI=1S/C17H21NO2/c1-3-11-20-13-15-5-4-10-18(12-15)17(19)16-8-6-14(2)7-9-16/h1,6-9,15H,4-5,10-13H2,2H3. The van der Waals surface area contributed by atoms with Gasteiger partial charge in [-0.05, 0) is 31.9 Å². The van der Waals surface area contributed by atoms with Crippen molar-refractivity contribution in [3.05, 3.63) is 35.4 Å². The van der Waals surface area contributed by atoms with E-state index in [4.69, 9.17) is 11.2 Å². The van der Waals surface area contributed by atoms with E-state index in [1.807, 2.05) is 36.1 Å². The van der Waals surface area contributed by atoms with Gasteiger partial charge in [0.2, 0.25) is 0 Å². The molecule has 0 aromatic heterocycles. The van der Waals surface area contributed by atoms with E-state index in [2.05, 4.69) is 5.92 Å².